The smallest absolute Gasteiger partial charge is 0.129 e. The van der Waals surface area contributed by atoms with Gasteiger partial charge in [0.2, 0.25) is 0 Å². The van der Waals surface area contributed by atoms with E-state index in [-0.39, 0.29) is 36.9 Å². The number of nitrogens with two attached hydrogens (primary N) is 2. The highest BCUT2D eigenvalue weighted by Crippen LogP contribution is 2.30. The van der Waals surface area contributed by atoms with Gasteiger partial charge in [0.15, 0.2) is 0 Å². The van der Waals surface area contributed by atoms with Crippen molar-refractivity contribution in [2.45, 2.75) is 39.8 Å². The van der Waals surface area contributed by atoms with Gasteiger partial charge in [-0.2, -0.15) is 0 Å². The first-order chi connectivity index (χ1) is 14.8. The van der Waals surface area contributed by atoms with E-state index in [2.05, 4.69) is 20.3 Å². The molecule has 0 amide bonds. The van der Waals surface area contributed by atoms with Gasteiger partial charge in [0, 0.05) is 28.8 Å². The molecule has 0 atom stereocenters. The molecule has 178 valence electrons. The quantitative estimate of drug-likeness (QED) is 0.382. The van der Waals surface area contributed by atoms with E-state index in [1.54, 1.807) is 11.8 Å². The molecule has 0 aliphatic carbocycles. The molecule has 1 heterocycles. The van der Waals surface area contributed by atoms with Crippen LogP contribution >= 0.6 is 24.8 Å². The number of benzene rings is 2. The second-order valence-electron chi connectivity index (χ2n) is 7.73. The third kappa shape index (κ3) is 6.94. The molecule has 2 aromatic carbocycles. The normalized spacial score (nSPS) is 11.8. The van der Waals surface area contributed by atoms with E-state index in [1.807, 2.05) is 76.4 Å². The van der Waals surface area contributed by atoms with Gasteiger partial charge < -0.3 is 16.2 Å². The first-order valence-corrected chi connectivity index (χ1v) is 10.2. The van der Waals surface area contributed by atoms with Gasteiger partial charge in [0.05, 0.1) is 19.0 Å². The van der Waals surface area contributed by atoms with E-state index in [0.717, 1.165) is 22.4 Å². The third-order valence-electron chi connectivity index (χ3n) is 4.47. The lowest BCUT2D eigenvalue weighted by Gasteiger charge is -2.09. The Kier molecular flexibility index (Phi) is 10.3. The highest BCUT2D eigenvalue weighted by atomic mass is 35.5. The number of aliphatic imine (C=N–C) groups is 2. The second kappa shape index (κ2) is 12.2. The minimum Gasteiger partial charge on any atom is -0.496 e. The highest BCUT2D eigenvalue weighted by Gasteiger charge is 2.13. The van der Waals surface area contributed by atoms with Crippen molar-refractivity contribution < 1.29 is 4.74 Å². The maximum Gasteiger partial charge on any atom is 0.129 e. The van der Waals surface area contributed by atoms with Gasteiger partial charge in [0.25, 0.3) is 0 Å². The van der Waals surface area contributed by atoms with Crippen LogP contribution < -0.4 is 16.2 Å². The number of amidine groups is 2. The molecule has 33 heavy (non-hydrogen) atoms. The first kappa shape index (κ1) is 27.9. The Morgan fingerprint density at radius 2 is 1.52 bits per heavy atom. The topological polar surface area (TPSA) is 117 Å². The molecule has 8 nitrogen and oxygen atoms in total. The van der Waals surface area contributed by atoms with E-state index in [4.69, 9.17) is 16.2 Å². The van der Waals surface area contributed by atoms with Gasteiger partial charge in [-0.05, 0) is 52.0 Å². The summed E-state index contributed by atoms with van der Waals surface area (Å²) in [5.41, 5.74) is 16.2. The number of hydrogen-bond donors (Lipinski definition) is 2. The van der Waals surface area contributed by atoms with Crippen molar-refractivity contribution in [2.75, 3.05) is 7.11 Å². The van der Waals surface area contributed by atoms with Crippen molar-refractivity contribution in [3.63, 3.8) is 0 Å². The molecule has 0 bridgehead atoms. The lowest BCUT2D eigenvalue weighted by Crippen LogP contribution is -2.16. The Bertz CT molecular complexity index is 1120. The van der Waals surface area contributed by atoms with Crippen LogP contribution in [0.1, 0.15) is 38.8 Å². The van der Waals surface area contributed by atoms with E-state index in [0.29, 0.717) is 23.1 Å². The zero-order valence-electron chi connectivity index (χ0n) is 19.4. The molecular formula is C23H31Cl2N7O. The molecule has 0 fully saturated rings. The Morgan fingerprint density at radius 1 is 0.909 bits per heavy atom. The summed E-state index contributed by atoms with van der Waals surface area (Å²) in [7, 11) is 1.61. The minimum absolute atomic E-state index is 0. The summed E-state index contributed by atoms with van der Waals surface area (Å²) < 4.78 is 7.28. The third-order valence-corrected chi connectivity index (χ3v) is 4.47. The standard InChI is InChI=1S/C23H29N7O.2ClH/c1-14(2)26-22(24)16-7-6-8-18(11-16)30-13-20(28-29-30)19-10-9-17(12-21(19)31-5)23(25)27-15(3)4;;/h6-15H,1-5H3,(H2,24,26)(H2,25,27);2*1H. The number of halogens is 2. The predicted molar refractivity (Wildman–Crippen MR) is 140 cm³/mol. The number of aromatic nitrogens is 3. The molecule has 3 aromatic rings. The van der Waals surface area contributed by atoms with E-state index in [9.17, 15) is 0 Å². The number of nitrogens with zero attached hydrogens (tertiary/aromatic N) is 5. The van der Waals surface area contributed by atoms with Crippen LogP contribution in [0.4, 0.5) is 0 Å². The summed E-state index contributed by atoms with van der Waals surface area (Å²) in [5, 5.41) is 8.61. The maximum atomic E-state index is 6.11. The second-order valence-corrected chi connectivity index (χ2v) is 7.73. The van der Waals surface area contributed by atoms with Crippen molar-refractivity contribution in [1.82, 2.24) is 15.0 Å². The molecule has 0 unspecified atom stereocenters. The average Bonchev–Trinajstić information content (AvgIpc) is 3.22. The zero-order valence-corrected chi connectivity index (χ0v) is 21.0. The molecule has 1 aromatic heterocycles. The maximum absolute atomic E-state index is 6.11. The molecule has 3 rings (SSSR count). The molecular weight excluding hydrogens is 461 g/mol. The monoisotopic (exact) mass is 491 g/mol. The number of hydrogen-bond acceptors (Lipinski definition) is 5. The molecule has 10 heteroatoms. The molecule has 0 spiro atoms. The molecule has 0 aliphatic heterocycles. The van der Waals surface area contributed by atoms with Crippen molar-refractivity contribution >= 4 is 36.5 Å². The zero-order chi connectivity index (χ0) is 22.5. The largest absolute Gasteiger partial charge is 0.496 e. The van der Waals surface area contributed by atoms with Crippen molar-refractivity contribution in [3.8, 4) is 22.7 Å². The summed E-state index contributed by atoms with van der Waals surface area (Å²) >= 11 is 0. The summed E-state index contributed by atoms with van der Waals surface area (Å²) in [6.45, 7) is 7.94. The van der Waals surface area contributed by atoms with Gasteiger partial charge in [-0.3, -0.25) is 9.98 Å². The first-order valence-electron chi connectivity index (χ1n) is 10.2. The summed E-state index contributed by atoms with van der Waals surface area (Å²) in [6, 6.07) is 13.6. The molecule has 0 radical (unpaired) electrons. The van der Waals surface area contributed by atoms with Gasteiger partial charge in [-0.25, -0.2) is 4.68 Å². The van der Waals surface area contributed by atoms with Crippen LogP contribution in [0.15, 0.2) is 58.6 Å². The fraction of sp³-hybridized carbons (Fsp3) is 0.304. The van der Waals surface area contributed by atoms with Crippen LogP contribution in [-0.4, -0.2) is 45.9 Å². The van der Waals surface area contributed by atoms with Gasteiger partial charge in [-0.15, -0.1) is 29.9 Å². The van der Waals surface area contributed by atoms with Crippen LogP contribution in [0.3, 0.4) is 0 Å². The number of rotatable bonds is 7. The average molecular weight is 492 g/mol. The number of ether oxygens (including phenoxy) is 1. The Labute approximate surface area is 207 Å². The fourth-order valence-electron chi connectivity index (χ4n) is 3.09. The number of methoxy groups -OCH3 is 1. The highest BCUT2D eigenvalue weighted by molar-refractivity contribution is 5.99. The van der Waals surface area contributed by atoms with Crippen LogP contribution in [0, 0.1) is 0 Å². The lowest BCUT2D eigenvalue weighted by molar-refractivity contribution is 0.416. The van der Waals surface area contributed by atoms with E-state index >= 15 is 0 Å². The van der Waals surface area contributed by atoms with E-state index in [1.165, 1.54) is 0 Å². The van der Waals surface area contributed by atoms with Gasteiger partial charge in [-0.1, -0.05) is 23.4 Å². The Hall–Kier alpha value is -3.10. The van der Waals surface area contributed by atoms with Crippen molar-refractivity contribution in [3.05, 3.63) is 59.8 Å². The fourth-order valence-corrected chi connectivity index (χ4v) is 3.09. The van der Waals surface area contributed by atoms with Gasteiger partial charge in [0.1, 0.15) is 23.1 Å². The Morgan fingerprint density at radius 3 is 2.09 bits per heavy atom. The van der Waals surface area contributed by atoms with Crippen LogP contribution in [-0.2, 0) is 0 Å². The lowest BCUT2D eigenvalue weighted by atomic mass is 10.1. The molecule has 0 saturated heterocycles. The SMILES string of the molecule is COc1cc(C(N)=NC(C)C)ccc1-c1cn(-c2cccc(C(N)=NC(C)C)c2)nn1.Cl.Cl. The van der Waals surface area contributed by atoms with Crippen LogP contribution in [0.2, 0.25) is 0 Å². The summed E-state index contributed by atoms with van der Waals surface area (Å²) in [6.07, 6.45) is 1.85. The van der Waals surface area contributed by atoms with Crippen molar-refractivity contribution in [2.24, 2.45) is 21.5 Å². The Balaban J connectivity index is 0.00000272. The minimum atomic E-state index is 0. The van der Waals surface area contributed by atoms with Crippen molar-refractivity contribution in [1.29, 1.82) is 0 Å². The predicted octanol–water partition coefficient (Wildman–Crippen LogP) is 4.01. The van der Waals surface area contributed by atoms with Crippen LogP contribution in [0.5, 0.6) is 5.75 Å². The van der Waals surface area contributed by atoms with Gasteiger partial charge >= 0.3 is 0 Å². The molecule has 0 aliphatic rings. The molecule has 0 saturated carbocycles. The van der Waals surface area contributed by atoms with E-state index < -0.39 is 0 Å². The summed E-state index contributed by atoms with van der Waals surface area (Å²) in [5.74, 6) is 1.62. The van der Waals surface area contributed by atoms with Crippen LogP contribution in [0.25, 0.3) is 16.9 Å². The summed E-state index contributed by atoms with van der Waals surface area (Å²) in [4.78, 5) is 8.81. The molecule has 4 N–H and O–H groups in total.